The number of nitrogens with one attached hydrogen (secondary N) is 2. The summed E-state index contributed by atoms with van der Waals surface area (Å²) in [7, 11) is 2.07. The molecule has 0 saturated carbocycles. The molecule has 1 aliphatic heterocycles. The fraction of sp³-hybridized carbons (Fsp3) is 0.500. The molecular weight excluding hydrogens is 218 g/mol. The van der Waals surface area contributed by atoms with Gasteiger partial charge in [0.2, 0.25) is 5.56 Å². The van der Waals surface area contributed by atoms with Gasteiger partial charge in [-0.15, -0.1) is 0 Å². The second-order valence-corrected chi connectivity index (χ2v) is 4.43. The minimum absolute atomic E-state index is 0.137. The van der Waals surface area contributed by atoms with E-state index in [1.807, 2.05) is 0 Å². The van der Waals surface area contributed by atoms with Crippen molar-refractivity contribution in [3.05, 3.63) is 34.2 Å². The molecule has 0 bridgehead atoms. The molecule has 1 atom stereocenters. The fourth-order valence-electron chi connectivity index (χ4n) is 2.10. The first-order valence-electron chi connectivity index (χ1n) is 5.84. The van der Waals surface area contributed by atoms with Crippen molar-refractivity contribution >= 4 is 5.91 Å². The van der Waals surface area contributed by atoms with Crippen LogP contribution in [0.3, 0.4) is 0 Å². The highest BCUT2D eigenvalue weighted by molar-refractivity contribution is 5.93. The largest absolute Gasteiger partial charge is 0.350 e. The summed E-state index contributed by atoms with van der Waals surface area (Å²) in [6.45, 7) is 1.76. The Morgan fingerprint density at radius 1 is 1.59 bits per heavy atom. The molecule has 1 amide bonds. The summed E-state index contributed by atoms with van der Waals surface area (Å²) >= 11 is 0. The molecule has 92 valence electrons. The van der Waals surface area contributed by atoms with Gasteiger partial charge in [0, 0.05) is 24.8 Å². The quantitative estimate of drug-likeness (QED) is 0.786. The van der Waals surface area contributed by atoms with Crippen LogP contribution in [0.5, 0.6) is 0 Å². The Kier molecular flexibility index (Phi) is 3.58. The van der Waals surface area contributed by atoms with E-state index >= 15 is 0 Å². The van der Waals surface area contributed by atoms with E-state index in [1.54, 1.807) is 0 Å². The third-order valence-corrected chi connectivity index (χ3v) is 3.22. The molecule has 1 unspecified atom stereocenters. The van der Waals surface area contributed by atoms with Crippen molar-refractivity contribution in [1.82, 2.24) is 15.2 Å². The van der Waals surface area contributed by atoms with Crippen LogP contribution >= 0.6 is 0 Å². The predicted molar refractivity (Wildman–Crippen MR) is 65.0 cm³/mol. The molecule has 0 aliphatic carbocycles. The molecular formula is C12H17N3O2. The van der Waals surface area contributed by atoms with Crippen molar-refractivity contribution in [1.29, 1.82) is 0 Å². The second kappa shape index (κ2) is 5.14. The SMILES string of the molecule is CN1CCCC1CNC(=O)c1ccc(=O)[nH]c1. The van der Waals surface area contributed by atoms with Gasteiger partial charge in [0.25, 0.3) is 5.91 Å². The molecule has 0 radical (unpaired) electrons. The Bertz CT molecular complexity index is 435. The van der Waals surface area contributed by atoms with E-state index in [2.05, 4.69) is 22.2 Å². The summed E-state index contributed by atoms with van der Waals surface area (Å²) in [6.07, 6.45) is 3.76. The van der Waals surface area contributed by atoms with Crippen LogP contribution in [0.25, 0.3) is 0 Å². The molecule has 1 saturated heterocycles. The number of amides is 1. The first-order valence-corrected chi connectivity index (χ1v) is 5.84. The standard InChI is InChI=1S/C12H17N3O2/c1-15-6-2-3-10(15)8-14-12(17)9-4-5-11(16)13-7-9/h4-5,7,10H,2-3,6,8H2,1H3,(H,13,16)(H,14,17). The van der Waals surface area contributed by atoms with Crippen LogP contribution < -0.4 is 10.9 Å². The van der Waals surface area contributed by atoms with E-state index in [0.717, 1.165) is 13.0 Å². The highest BCUT2D eigenvalue weighted by Gasteiger charge is 2.21. The van der Waals surface area contributed by atoms with Crippen LogP contribution in [-0.4, -0.2) is 42.0 Å². The number of likely N-dealkylation sites (N-methyl/N-ethyl adjacent to an activating group) is 1. The molecule has 0 aromatic carbocycles. The minimum Gasteiger partial charge on any atom is -0.350 e. The smallest absolute Gasteiger partial charge is 0.252 e. The number of carbonyl (C=O) groups is 1. The van der Waals surface area contributed by atoms with Crippen LogP contribution in [0, 0.1) is 0 Å². The van der Waals surface area contributed by atoms with Crippen molar-refractivity contribution in [2.75, 3.05) is 20.1 Å². The third kappa shape index (κ3) is 2.94. The Morgan fingerprint density at radius 2 is 2.41 bits per heavy atom. The maximum atomic E-state index is 11.8. The number of hydrogen-bond acceptors (Lipinski definition) is 3. The Hall–Kier alpha value is -1.62. The molecule has 2 rings (SSSR count). The first-order chi connectivity index (χ1) is 8.16. The number of H-pyrrole nitrogens is 1. The second-order valence-electron chi connectivity index (χ2n) is 4.43. The predicted octanol–water partition coefficient (Wildman–Crippen LogP) is 0.199. The Balaban J connectivity index is 1.89. The number of aromatic nitrogens is 1. The number of aromatic amines is 1. The summed E-state index contributed by atoms with van der Waals surface area (Å²) in [4.78, 5) is 27.4. The van der Waals surface area contributed by atoms with Gasteiger partial charge in [-0.25, -0.2) is 0 Å². The fourth-order valence-corrected chi connectivity index (χ4v) is 2.10. The lowest BCUT2D eigenvalue weighted by molar-refractivity contribution is 0.0943. The van der Waals surface area contributed by atoms with Gasteiger partial charge in [-0.3, -0.25) is 9.59 Å². The monoisotopic (exact) mass is 235 g/mol. The highest BCUT2D eigenvalue weighted by atomic mass is 16.1. The van der Waals surface area contributed by atoms with Gasteiger partial charge in [-0.2, -0.15) is 0 Å². The van der Waals surface area contributed by atoms with Crippen molar-refractivity contribution in [2.45, 2.75) is 18.9 Å². The van der Waals surface area contributed by atoms with Gasteiger partial charge in [0.1, 0.15) is 0 Å². The van der Waals surface area contributed by atoms with Crippen LogP contribution in [0.1, 0.15) is 23.2 Å². The van der Waals surface area contributed by atoms with E-state index in [9.17, 15) is 9.59 Å². The van der Waals surface area contributed by atoms with Crippen molar-refractivity contribution in [2.24, 2.45) is 0 Å². The molecule has 17 heavy (non-hydrogen) atoms. The van der Waals surface area contributed by atoms with Crippen LogP contribution in [0.15, 0.2) is 23.1 Å². The van der Waals surface area contributed by atoms with Gasteiger partial charge >= 0.3 is 0 Å². The maximum Gasteiger partial charge on any atom is 0.252 e. The molecule has 1 aromatic heterocycles. The van der Waals surface area contributed by atoms with E-state index in [4.69, 9.17) is 0 Å². The highest BCUT2D eigenvalue weighted by Crippen LogP contribution is 2.13. The van der Waals surface area contributed by atoms with E-state index in [0.29, 0.717) is 18.2 Å². The van der Waals surface area contributed by atoms with Gasteiger partial charge in [0.15, 0.2) is 0 Å². The van der Waals surface area contributed by atoms with Crippen molar-refractivity contribution in [3.63, 3.8) is 0 Å². The van der Waals surface area contributed by atoms with Crippen LogP contribution in [0.2, 0.25) is 0 Å². The zero-order valence-corrected chi connectivity index (χ0v) is 9.90. The van der Waals surface area contributed by atoms with Crippen molar-refractivity contribution in [3.8, 4) is 0 Å². The topological polar surface area (TPSA) is 65.2 Å². The molecule has 2 heterocycles. The molecule has 5 nitrogen and oxygen atoms in total. The number of hydrogen-bond donors (Lipinski definition) is 2. The third-order valence-electron chi connectivity index (χ3n) is 3.22. The number of nitrogens with zero attached hydrogens (tertiary/aromatic N) is 1. The van der Waals surface area contributed by atoms with E-state index < -0.39 is 0 Å². The Morgan fingerprint density at radius 3 is 3.00 bits per heavy atom. The Labute approximate surface area is 99.8 Å². The minimum atomic E-state index is -0.197. The molecule has 1 aliphatic rings. The molecule has 1 fully saturated rings. The first kappa shape index (κ1) is 11.9. The molecule has 2 N–H and O–H groups in total. The lowest BCUT2D eigenvalue weighted by Crippen LogP contribution is -2.38. The molecule has 0 spiro atoms. The summed E-state index contributed by atoms with van der Waals surface area (Å²) < 4.78 is 0. The number of carbonyl (C=O) groups excluding carboxylic acids is 1. The van der Waals surface area contributed by atoms with E-state index in [1.165, 1.54) is 24.8 Å². The molecule has 5 heteroatoms. The van der Waals surface area contributed by atoms with E-state index in [-0.39, 0.29) is 11.5 Å². The lowest BCUT2D eigenvalue weighted by Gasteiger charge is -2.19. The lowest BCUT2D eigenvalue weighted by atomic mass is 10.2. The summed E-state index contributed by atoms with van der Waals surface area (Å²) in [5, 5.41) is 2.89. The normalized spacial score (nSPS) is 20.4. The summed E-state index contributed by atoms with van der Waals surface area (Å²) in [5.74, 6) is -0.137. The average molecular weight is 235 g/mol. The zero-order chi connectivity index (χ0) is 12.3. The van der Waals surface area contributed by atoms with Gasteiger partial charge in [-0.1, -0.05) is 0 Å². The summed E-state index contributed by atoms with van der Waals surface area (Å²) in [6, 6.07) is 3.32. The van der Waals surface area contributed by atoms with Crippen molar-refractivity contribution < 1.29 is 4.79 Å². The maximum absolute atomic E-state index is 11.8. The average Bonchev–Trinajstić information content (AvgIpc) is 2.73. The van der Waals surface area contributed by atoms with Crippen LogP contribution in [-0.2, 0) is 0 Å². The number of likely N-dealkylation sites (tertiary alicyclic amines) is 1. The number of pyridine rings is 1. The number of rotatable bonds is 3. The van der Waals surface area contributed by atoms with Crippen LogP contribution in [0.4, 0.5) is 0 Å². The summed E-state index contributed by atoms with van der Waals surface area (Å²) in [5.41, 5.74) is 0.294. The van der Waals surface area contributed by atoms with Gasteiger partial charge < -0.3 is 15.2 Å². The molecule has 1 aromatic rings. The van der Waals surface area contributed by atoms with Gasteiger partial charge in [0.05, 0.1) is 5.56 Å². The zero-order valence-electron chi connectivity index (χ0n) is 9.90. The van der Waals surface area contributed by atoms with Gasteiger partial charge in [-0.05, 0) is 32.5 Å².